The third kappa shape index (κ3) is 3.68. The van der Waals surface area contributed by atoms with Gasteiger partial charge in [0.25, 0.3) is 5.91 Å². The lowest BCUT2D eigenvalue weighted by Gasteiger charge is -2.16. The van der Waals surface area contributed by atoms with Crippen molar-refractivity contribution in [2.24, 2.45) is 12.0 Å². The topological polar surface area (TPSA) is 79.5 Å². The van der Waals surface area contributed by atoms with Crippen LogP contribution in [0.15, 0.2) is 29.3 Å². The largest absolute Gasteiger partial charge is 0.288 e. The number of hydrogen-bond acceptors (Lipinski definition) is 5. The van der Waals surface area contributed by atoms with Crippen LogP contribution in [0.1, 0.15) is 42.5 Å². The highest BCUT2D eigenvalue weighted by molar-refractivity contribution is 7.12. The zero-order chi connectivity index (χ0) is 16.2. The Morgan fingerprint density at radius 3 is 2.65 bits per heavy atom. The van der Waals surface area contributed by atoms with Crippen molar-refractivity contribution in [2.45, 2.75) is 38.1 Å². The summed E-state index contributed by atoms with van der Waals surface area (Å²) in [5, 5.41) is 14.1. The molecule has 122 valence electrons. The molecule has 1 aromatic carbocycles. The maximum absolute atomic E-state index is 11.3. The summed E-state index contributed by atoms with van der Waals surface area (Å²) in [6.07, 6.45) is 6.17. The predicted octanol–water partition coefficient (Wildman–Crippen LogP) is 2.50. The van der Waals surface area contributed by atoms with E-state index in [1.54, 1.807) is 28.9 Å². The summed E-state index contributed by atoms with van der Waals surface area (Å²) in [6.45, 7) is 0. The van der Waals surface area contributed by atoms with E-state index in [9.17, 15) is 4.79 Å². The number of hydrogen-bond donors (Lipinski definition) is 2. The Morgan fingerprint density at radius 1 is 1.30 bits per heavy atom. The molecule has 23 heavy (non-hydrogen) atoms. The monoisotopic (exact) mass is 332 g/mol. The number of amides is 1. The molecule has 3 rings (SSSR count). The lowest BCUT2D eigenvalue weighted by atomic mass is 9.96. The average Bonchev–Trinajstić information content (AvgIpc) is 2.96. The predicted molar refractivity (Wildman–Crippen MR) is 88.2 cm³/mol. The highest BCUT2D eigenvalue weighted by Crippen LogP contribution is 2.22. The second-order valence-corrected chi connectivity index (χ2v) is 6.71. The first-order chi connectivity index (χ1) is 11.2. The SMILES string of the molecule is Cn1nc(-c2ccc(C(=O)NO)cc2)s/c1=N/C1CCCCC1. The first-order valence-electron chi connectivity index (χ1n) is 7.80. The normalized spacial score (nSPS) is 16.5. The van der Waals surface area contributed by atoms with E-state index in [-0.39, 0.29) is 0 Å². The molecule has 0 unspecified atom stereocenters. The molecule has 0 atom stereocenters. The zero-order valence-electron chi connectivity index (χ0n) is 13.0. The van der Waals surface area contributed by atoms with Crippen LogP contribution in [0, 0.1) is 0 Å². The van der Waals surface area contributed by atoms with Gasteiger partial charge in [0, 0.05) is 18.2 Å². The number of hydroxylamine groups is 1. The number of aromatic nitrogens is 2. The van der Waals surface area contributed by atoms with Crippen LogP contribution in [0.3, 0.4) is 0 Å². The lowest BCUT2D eigenvalue weighted by molar-refractivity contribution is 0.0706. The number of nitrogens with zero attached hydrogens (tertiary/aromatic N) is 3. The maximum Gasteiger partial charge on any atom is 0.274 e. The van der Waals surface area contributed by atoms with Crippen LogP contribution in [0.25, 0.3) is 10.6 Å². The lowest BCUT2D eigenvalue weighted by Crippen LogP contribution is -2.18. The molecule has 0 bridgehead atoms. The summed E-state index contributed by atoms with van der Waals surface area (Å²) >= 11 is 1.56. The molecule has 0 aliphatic heterocycles. The molecule has 1 fully saturated rings. The third-order valence-corrected chi connectivity index (χ3v) is 5.13. The van der Waals surface area contributed by atoms with E-state index in [1.165, 1.54) is 19.3 Å². The molecule has 1 aliphatic rings. The van der Waals surface area contributed by atoms with Gasteiger partial charge in [0.1, 0.15) is 5.01 Å². The molecule has 7 heteroatoms. The summed E-state index contributed by atoms with van der Waals surface area (Å²) < 4.78 is 1.82. The second kappa shape index (κ2) is 7.06. The van der Waals surface area contributed by atoms with Crippen molar-refractivity contribution in [3.05, 3.63) is 34.6 Å². The Balaban J connectivity index is 1.85. The van der Waals surface area contributed by atoms with Gasteiger partial charge in [0.15, 0.2) is 0 Å². The van der Waals surface area contributed by atoms with Crippen LogP contribution in [0.5, 0.6) is 0 Å². The van der Waals surface area contributed by atoms with Crippen LogP contribution in [0.2, 0.25) is 0 Å². The van der Waals surface area contributed by atoms with Gasteiger partial charge in [-0.3, -0.25) is 15.0 Å². The molecule has 0 radical (unpaired) electrons. The molecule has 1 saturated carbocycles. The second-order valence-electron chi connectivity index (χ2n) is 5.75. The van der Waals surface area contributed by atoms with Gasteiger partial charge < -0.3 is 0 Å². The number of carbonyl (C=O) groups is 1. The Hall–Kier alpha value is -1.99. The molecule has 2 N–H and O–H groups in total. The molecular weight excluding hydrogens is 312 g/mol. The molecule has 1 aliphatic carbocycles. The minimum absolute atomic E-state index is 0.407. The van der Waals surface area contributed by atoms with Crippen molar-refractivity contribution in [3.8, 4) is 10.6 Å². The van der Waals surface area contributed by atoms with Gasteiger partial charge in [-0.05, 0) is 25.0 Å². The standard InChI is InChI=1S/C16H20N4O2S/c1-20-16(17-13-5-3-2-4-6-13)23-15(18-20)12-9-7-11(8-10-12)14(21)19-22/h7-10,13,22H,2-6H2,1H3,(H,19,21)/b17-16+. The van der Waals surface area contributed by atoms with E-state index in [0.29, 0.717) is 11.6 Å². The van der Waals surface area contributed by atoms with Gasteiger partial charge in [0.05, 0.1) is 6.04 Å². The van der Waals surface area contributed by atoms with Crippen LogP contribution in [-0.4, -0.2) is 26.9 Å². The number of carbonyl (C=O) groups excluding carboxylic acids is 1. The van der Waals surface area contributed by atoms with Crippen LogP contribution in [0.4, 0.5) is 0 Å². The third-order valence-electron chi connectivity index (χ3n) is 4.07. The van der Waals surface area contributed by atoms with Crippen molar-refractivity contribution in [1.29, 1.82) is 0 Å². The first-order valence-corrected chi connectivity index (χ1v) is 8.62. The van der Waals surface area contributed by atoms with Crippen LogP contribution >= 0.6 is 11.3 Å². The van der Waals surface area contributed by atoms with Gasteiger partial charge >= 0.3 is 0 Å². The average molecular weight is 332 g/mol. The van der Waals surface area contributed by atoms with E-state index < -0.39 is 5.91 Å². The molecule has 2 aromatic rings. The number of rotatable bonds is 3. The minimum atomic E-state index is -0.519. The van der Waals surface area contributed by atoms with Crippen LogP contribution in [-0.2, 0) is 7.05 Å². The fourth-order valence-corrected chi connectivity index (χ4v) is 3.74. The smallest absolute Gasteiger partial charge is 0.274 e. The van der Waals surface area contributed by atoms with Crippen molar-refractivity contribution < 1.29 is 10.0 Å². The molecule has 1 heterocycles. The van der Waals surface area contributed by atoms with Gasteiger partial charge in [-0.15, -0.1) is 0 Å². The quantitative estimate of drug-likeness (QED) is 0.669. The highest BCUT2D eigenvalue weighted by atomic mass is 32.1. The Labute approximate surface area is 138 Å². The summed E-state index contributed by atoms with van der Waals surface area (Å²) in [5.41, 5.74) is 2.97. The molecule has 6 nitrogen and oxygen atoms in total. The number of nitrogens with one attached hydrogen (secondary N) is 1. The van der Waals surface area contributed by atoms with E-state index >= 15 is 0 Å². The number of aryl methyl sites for hydroxylation is 1. The Kier molecular flexibility index (Phi) is 4.88. The summed E-state index contributed by atoms with van der Waals surface area (Å²) in [5.74, 6) is -0.519. The van der Waals surface area contributed by atoms with Gasteiger partial charge in [0.2, 0.25) is 4.80 Å². The molecule has 0 saturated heterocycles. The maximum atomic E-state index is 11.3. The fourth-order valence-electron chi connectivity index (χ4n) is 2.77. The molecule has 0 spiro atoms. The molecule has 1 amide bonds. The van der Waals surface area contributed by atoms with Crippen molar-refractivity contribution >= 4 is 17.2 Å². The van der Waals surface area contributed by atoms with Crippen molar-refractivity contribution in [3.63, 3.8) is 0 Å². The van der Waals surface area contributed by atoms with Crippen LogP contribution < -0.4 is 10.3 Å². The minimum Gasteiger partial charge on any atom is -0.288 e. The Morgan fingerprint density at radius 2 is 2.00 bits per heavy atom. The van der Waals surface area contributed by atoms with E-state index in [2.05, 4.69) is 5.10 Å². The van der Waals surface area contributed by atoms with Gasteiger partial charge in [-0.25, -0.2) is 10.2 Å². The highest BCUT2D eigenvalue weighted by Gasteiger charge is 2.13. The fraction of sp³-hybridized carbons (Fsp3) is 0.438. The summed E-state index contributed by atoms with van der Waals surface area (Å²) in [6, 6.07) is 7.40. The molecule has 1 aromatic heterocycles. The van der Waals surface area contributed by atoms with E-state index in [0.717, 1.165) is 28.2 Å². The van der Waals surface area contributed by atoms with E-state index in [4.69, 9.17) is 10.2 Å². The number of benzene rings is 1. The Bertz CT molecular complexity index is 742. The van der Waals surface area contributed by atoms with Crippen molar-refractivity contribution in [2.75, 3.05) is 0 Å². The zero-order valence-corrected chi connectivity index (χ0v) is 13.8. The van der Waals surface area contributed by atoms with E-state index in [1.807, 2.05) is 23.9 Å². The summed E-state index contributed by atoms with van der Waals surface area (Å²) in [4.78, 5) is 17.1. The summed E-state index contributed by atoms with van der Waals surface area (Å²) in [7, 11) is 1.91. The molecular formula is C16H20N4O2S. The van der Waals surface area contributed by atoms with Gasteiger partial charge in [-0.2, -0.15) is 5.10 Å². The van der Waals surface area contributed by atoms with Crippen molar-refractivity contribution in [1.82, 2.24) is 15.3 Å². The van der Waals surface area contributed by atoms with Gasteiger partial charge in [-0.1, -0.05) is 42.7 Å². The first kappa shape index (κ1) is 15.9.